The van der Waals surface area contributed by atoms with Gasteiger partial charge in [0, 0.05) is 13.1 Å². The van der Waals surface area contributed by atoms with Gasteiger partial charge in [-0.3, -0.25) is 0 Å². The van der Waals surface area contributed by atoms with Crippen LogP contribution >= 0.6 is 17.0 Å². The van der Waals surface area contributed by atoms with Crippen molar-refractivity contribution >= 4 is 17.0 Å². The van der Waals surface area contributed by atoms with Crippen molar-refractivity contribution < 1.29 is 0 Å². The van der Waals surface area contributed by atoms with Crippen molar-refractivity contribution in [3.63, 3.8) is 0 Å². The lowest BCUT2D eigenvalue weighted by Crippen LogP contribution is -2.20. The summed E-state index contributed by atoms with van der Waals surface area (Å²) >= 11 is 0. The summed E-state index contributed by atoms with van der Waals surface area (Å²) in [5.74, 6) is 0. The summed E-state index contributed by atoms with van der Waals surface area (Å²) in [6.07, 6.45) is 22.7. The van der Waals surface area contributed by atoms with E-state index in [0.717, 1.165) is 6.54 Å². The third-order valence-corrected chi connectivity index (χ3v) is 4.07. The zero-order valence-electron chi connectivity index (χ0n) is 13.9. The topological polar surface area (TPSA) is 3.24 Å². The minimum atomic E-state index is 0. The zero-order valence-corrected chi connectivity index (χ0v) is 15.6. The summed E-state index contributed by atoms with van der Waals surface area (Å²) in [4.78, 5) is 2.40. The first-order valence-corrected chi connectivity index (χ1v) is 8.61. The van der Waals surface area contributed by atoms with Crippen molar-refractivity contribution in [2.24, 2.45) is 0 Å². The third-order valence-electron chi connectivity index (χ3n) is 4.07. The normalized spacial score (nSPS) is 13.8. The molecular weight excluding hydrogens is 322 g/mol. The van der Waals surface area contributed by atoms with Crippen molar-refractivity contribution in [3.8, 4) is 0 Å². The van der Waals surface area contributed by atoms with Gasteiger partial charge < -0.3 is 4.90 Å². The Balaban J connectivity index is 0.00000400. The molecule has 0 spiro atoms. The van der Waals surface area contributed by atoms with E-state index < -0.39 is 0 Å². The maximum atomic E-state index is 3.80. The minimum Gasteiger partial charge on any atom is -0.374 e. The molecule has 0 bridgehead atoms. The quantitative estimate of drug-likeness (QED) is 0.364. The van der Waals surface area contributed by atoms with Gasteiger partial charge in [-0.2, -0.15) is 0 Å². The van der Waals surface area contributed by atoms with Crippen LogP contribution in [0.2, 0.25) is 0 Å². The molecule has 122 valence electrons. The Labute approximate surface area is 143 Å². The van der Waals surface area contributed by atoms with Gasteiger partial charge in [0.15, 0.2) is 0 Å². The van der Waals surface area contributed by atoms with Gasteiger partial charge in [-0.25, -0.2) is 0 Å². The molecule has 0 unspecified atom stereocenters. The first kappa shape index (κ1) is 20.5. The molecule has 0 radical (unpaired) electrons. The number of hydrogen-bond acceptors (Lipinski definition) is 1. The first-order valence-electron chi connectivity index (χ1n) is 8.61. The van der Waals surface area contributed by atoms with E-state index in [9.17, 15) is 0 Å². The maximum Gasteiger partial charge on any atom is 0.0362 e. The summed E-state index contributed by atoms with van der Waals surface area (Å²) in [5.41, 5.74) is 1.25. The van der Waals surface area contributed by atoms with Gasteiger partial charge in [0.2, 0.25) is 0 Å². The summed E-state index contributed by atoms with van der Waals surface area (Å²) < 4.78 is 0. The summed E-state index contributed by atoms with van der Waals surface area (Å²) in [5, 5.41) is 0. The molecule has 0 amide bonds. The number of allylic oxidation sites excluding steroid dienone is 3. The highest BCUT2D eigenvalue weighted by Gasteiger charge is 2.02. The molecule has 1 rings (SSSR count). The Morgan fingerprint density at radius 1 is 1.00 bits per heavy atom. The van der Waals surface area contributed by atoms with Gasteiger partial charge in [0.05, 0.1) is 0 Å². The van der Waals surface area contributed by atoms with Crippen molar-refractivity contribution in [3.05, 3.63) is 36.6 Å². The highest BCUT2D eigenvalue weighted by molar-refractivity contribution is 8.93. The lowest BCUT2D eigenvalue weighted by atomic mass is 10.1. The highest BCUT2D eigenvalue weighted by Crippen LogP contribution is 2.12. The van der Waals surface area contributed by atoms with E-state index in [1.165, 1.54) is 76.3 Å². The summed E-state index contributed by atoms with van der Waals surface area (Å²) in [6, 6.07) is 0. The largest absolute Gasteiger partial charge is 0.374 e. The zero-order chi connectivity index (χ0) is 14.5. The van der Waals surface area contributed by atoms with E-state index in [-0.39, 0.29) is 17.0 Å². The van der Waals surface area contributed by atoms with Gasteiger partial charge in [-0.05, 0) is 24.3 Å². The number of rotatable bonds is 12. The van der Waals surface area contributed by atoms with E-state index in [1.54, 1.807) is 0 Å². The van der Waals surface area contributed by atoms with Crippen LogP contribution in [0.3, 0.4) is 0 Å². The SMILES string of the molecule is Br.C=CC1=CCN(CCCCCCCCCCCC)C=C1. The molecule has 0 aromatic rings. The number of unbranched alkanes of at least 4 members (excludes halogenated alkanes) is 9. The van der Waals surface area contributed by atoms with Crippen molar-refractivity contribution in [2.75, 3.05) is 13.1 Å². The summed E-state index contributed by atoms with van der Waals surface area (Å²) in [6.45, 7) is 8.34. The monoisotopic (exact) mass is 355 g/mol. The second kappa shape index (κ2) is 14.4. The van der Waals surface area contributed by atoms with Gasteiger partial charge in [-0.1, -0.05) is 83.4 Å². The van der Waals surface area contributed by atoms with E-state index in [1.807, 2.05) is 6.08 Å². The molecular formula is C19H34BrN. The van der Waals surface area contributed by atoms with Crippen LogP contribution in [0.4, 0.5) is 0 Å². The molecule has 1 aliphatic rings. The second-order valence-corrected chi connectivity index (χ2v) is 5.90. The van der Waals surface area contributed by atoms with E-state index in [2.05, 4.69) is 36.8 Å². The molecule has 1 nitrogen and oxygen atoms in total. The Hall–Kier alpha value is -0.500. The summed E-state index contributed by atoms with van der Waals surface area (Å²) in [7, 11) is 0. The van der Waals surface area contributed by atoms with Crippen LogP contribution in [0, 0.1) is 0 Å². The fourth-order valence-electron chi connectivity index (χ4n) is 2.66. The minimum absolute atomic E-state index is 0. The van der Waals surface area contributed by atoms with Gasteiger partial charge in [0.1, 0.15) is 0 Å². The molecule has 0 N–H and O–H groups in total. The lowest BCUT2D eigenvalue weighted by Gasteiger charge is -2.21. The van der Waals surface area contributed by atoms with Crippen LogP contribution in [0.15, 0.2) is 36.6 Å². The average Bonchev–Trinajstić information content (AvgIpc) is 2.50. The molecule has 2 heteroatoms. The molecule has 21 heavy (non-hydrogen) atoms. The molecule has 0 fully saturated rings. The van der Waals surface area contributed by atoms with E-state index in [4.69, 9.17) is 0 Å². The molecule has 0 aromatic carbocycles. The van der Waals surface area contributed by atoms with Crippen LogP contribution in [0.5, 0.6) is 0 Å². The second-order valence-electron chi connectivity index (χ2n) is 5.90. The number of hydrogen-bond donors (Lipinski definition) is 0. The molecule has 0 saturated carbocycles. The van der Waals surface area contributed by atoms with Crippen molar-refractivity contribution in [1.29, 1.82) is 0 Å². The van der Waals surface area contributed by atoms with Crippen LogP contribution in [-0.2, 0) is 0 Å². The lowest BCUT2D eigenvalue weighted by molar-refractivity contribution is 0.391. The highest BCUT2D eigenvalue weighted by atomic mass is 79.9. The fourth-order valence-corrected chi connectivity index (χ4v) is 2.66. The van der Waals surface area contributed by atoms with Gasteiger partial charge in [0.25, 0.3) is 0 Å². The predicted molar refractivity (Wildman–Crippen MR) is 101 cm³/mol. The average molecular weight is 356 g/mol. The fraction of sp³-hybridized carbons (Fsp3) is 0.684. The van der Waals surface area contributed by atoms with Crippen molar-refractivity contribution in [1.82, 2.24) is 4.90 Å². The maximum absolute atomic E-state index is 3.80. The van der Waals surface area contributed by atoms with Gasteiger partial charge >= 0.3 is 0 Å². The Kier molecular flexibility index (Phi) is 14.1. The van der Waals surface area contributed by atoms with E-state index in [0.29, 0.717) is 0 Å². The molecule has 0 saturated heterocycles. The Morgan fingerprint density at radius 3 is 2.05 bits per heavy atom. The molecule has 0 aromatic heterocycles. The van der Waals surface area contributed by atoms with Crippen LogP contribution in [-0.4, -0.2) is 18.0 Å². The predicted octanol–water partition coefficient (Wildman–Crippen LogP) is 6.43. The van der Waals surface area contributed by atoms with E-state index >= 15 is 0 Å². The molecule has 0 aliphatic carbocycles. The van der Waals surface area contributed by atoms with Crippen LogP contribution < -0.4 is 0 Å². The molecule has 1 heterocycles. The Morgan fingerprint density at radius 2 is 1.57 bits per heavy atom. The smallest absolute Gasteiger partial charge is 0.0362 e. The molecule has 1 aliphatic heterocycles. The molecule has 0 atom stereocenters. The standard InChI is InChI=1S/C19H33N.BrH/c1-3-5-6-7-8-9-10-11-12-13-16-20-17-14-19(4-2)15-18-20;/h4,14-15,17H,2-3,5-13,16,18H2,1H3;1H. The number of nitrogens with zero attached hydrogens (tertiary/aromatic N) is 1. The third kappa shape index (κ3) is 10.8. The van der Waals surface area contributed by atoms with Crippen LogP contribution in [0.1, 0.15) is 71.1 Å². The van der Waals surface area contributed by atoms with Gasteiger partial charge in [-0.15, -0.1) is 17.0 Å². The first-order chi connectivity index (χ1) is 9.86. The number of halogens is 1. The van der Waals surface area contributed by atoms with Crippen molar-refractivity contribution in [2.45, 2.75) is 71.1 Å². The Bertz CT molecular complexity index is 307. The van der Waals surface area contributed by atoms with Crippen LogP contribution in [0.25, 0.3) is 0 Å².